The molecule has 0 N–H and O–H groups in total. The van der Waals surface area contributed by atoms with Crippen molar-refractivity contribution < 1.29 is 9.84 Å². The maximum atomic E-state index is 11.5. The molecule has 0 unspecified atom stereocenters. The van der Waals surface area contributed by atoms with Crippen LogP contribution in [0.5, 0.6) is 11.5 Å². The molecule has 0 aliphatic heterocycles. The summed E-state index contributed by atoms with van der Waals surface area (Å²) >= 11 is 0. The van der Waals surface area contributed by atoms with Gasteiger partial charge in [0.25, 0.3) is 0 Å². The van der Waals surface area contributed by atoms with Gasteiger partial charge in [0.15, 0.2) is 0 Å². The smallest absolute Gasteiger partial charge is 0.119 e. The van der Waals surface area contributed by atoms with Crippen LogP contribution in [0.15, 0.2) is 55.1 Å². The van der Waals surface area contributed by atoms with Crippen molar-refractivity contribution in [2.75, 3.05) is 0 Å². The summed E-state index contributed by atoms with van der Waals surface area (Å²) in [5.41, 5.74) is 1.67. The Labute approximate surface area is 101 Å². The second-order valence-electron chi connectivity index (χ2n) is 3.68. The molecular formula is C15H13O2-. The van der Waals surface area contributed by atoms with E-state index in [0.29, 0.717) is 17.9 Å². The van der Waals surface area contributed by atoms with E-state index in [2.05, 4.69) is 6.58 Å². The topological polar surface area (TPSA) is 32.3 Å². The molecule has 2 rings (SSSR count). The molecule has 2 aromatic carbocycles. The van der Waals surface area contributed by atoms with Crippen molar-refractivity contribution in [1.82, 2.24) is 0 Å². The molecule has 0 aromatic heterocycles. The first-order chi connectivity index (χ1) is 8.29. The lowest BCUT2D eigenvalue weighted by Crippen LogP contribution is -1.98. The highest BCUT2D eigenvalue weighted by molar-refractivity contribution is 5.56. The summed E-state index contributed by atoms with van der Waals surface area (Å²) in [6, 6.07) is 14.8. The molecule has 86 valence electrons. The molecule has 2 heteroatoms. The maximum Gasteiger partial charge on any atom is 0.119 e. The summed E-state index contributed by atoms with van der Waals surface area (Å²) < 4.78 is 5.54. The molecule has 2 aromatic rings. The number of rotatable bonds is 4. The van der Waals surface area contributed by atoms with Crippen molar-refractivity contribution >= 4 is 6.08 Å². The van der Waals surface area contributed by atoms with E-state index in [9.17, 15) is 5.11 Å². The second kappa shape index (κ2) is 5.21. The summed E-state index contributed by atoms with van der Waals surface area (Å²) in [7, 11) is 0. The quantitative estimate of drug-likeness (QED) is 0.801. The fraction of sp³-hybridized carbons (Fsp3) is 0.0667. The van der Waals surface area contributed by atoms with Gasteiger partial charge in [-0.2, -0.15) is 0 Å². The van der Waals surface area contributed by atoms with E-state index in [0.717, 1.165) is 5.56 Å². The van der Waals surface area contributed by atoms with Gasteiger partial charge in [0, 0.05) is 0 Å². The van der Waals surface area contributed by atoms with E-state index >= 15 is 0 Å². The highest BCUT2D eigenvalue weighted by Gasteiger charge is 1.96. The Bertz CT molecular complexity index is 504. The lowest BCUT2D eigenvalue weighted by molar-refractivity contribution is -0.268. The molecule has 0 saturated heterocycles. The van der Waals surface area contributed by atoms with E-state index in [1.807, 2.05) is 30.3 Å². The summed E-state index contributed by atoms with van der Waals surface area (Å²) in [6.07, 6.45) is 1.54. The summed E-state index contributed by atoms with van der Waals surface area (Å²) in [5, 5.41) is 11.5. The highest BCUT2D eigenvalue weighted by Crippen LogP contribution is 2.22. The minimum atomic E-state index is -0.0643. The largest absolute Gasteiger partial charge is 0.872 e. The van der Waals surface area contributed by atoms with Crippen molar-refractivity contribution in [3.63, 3.8) is 0 Å². The van der Waals surface area contributed by atoms with E-state index < -0.39 is 0 Å². The highest BCUT2D eigenvalue weighted by atomic mass is 16.5. The fourth-order valence-electron chi connectivity index (χ4n) is 1.51. The normalized spacial score (nSPS) is 9.88. The van der Waals surface area contributed by atoms with Crippen LogP contribution in [0.1, 0.15) is 11.1 Å². The lowest BCUT2D eigenvalue weighted by Gasteiger charge is -2.13. The molecule has 17 heavy (non-hydrogen) atoms. The van der Waals surface area contributed by atoms with Crippen molar-refractivity contribution in [2.24, 2.45) is 0 Å². The summed E-state index contributed by atoms with van der Waals surface area (Å²) in [4.78, 5) is 0. The molecule has 2 nitrogen and oxygen atoms in total. The van der Waals surface area contributed by atoms with Crippen molar-refractivity contribution in [3.05, 3.63) is 66.2 Å². The monoisotopic (exact) mass is 225 g/mol. The Balaban J connectivity index is 2.05. The lowest BCUT2D eigenvalue weighted by atomic mass is 10.2. The Kier molecular flexibility index (Phi) is 3.46. The van der Waals surface area contributed by atoms with Gasteiger partial charge in [-0.15, -0.1) is 0 Å². The van der Waals surface area contributed by atoms with Gasteiger partial charge in [-0.05, 0) is 23.3 Å². The molecule has 0 saturated carbocycles. The molecule has 0 amide bonds. The number of ether oxygens (including phenoxy) is 1. The van der Waals surface area contributed by atoms with Gasteiger partial charge < -0.3 is 9.84 Å². The molecule has 0 fully saturated rings. The van der Waals surface area contributed by atoms with Gasteiger partial charge >= 0.3 is 0 Å². The zero-order chi connectivity index (χ0) is 12.1. The van der Waals surface area contributed by atoms with E-state index in [-0.39, 0.29) is 5.75 Å². The van der Waals surface area contributed by atoms with Crippen LogP contribution in [0.2, 0.25) is 0 Å². The Morgan fingerprint density at radius 3 is 2.53 bits per heavy atom. The van der Waals surface area contributed by atoms with E-state index in [1.165, 1.54) is 6.07 Å². The van der Waals surface area contributed by atoms with Crippen LogP contribution in [0, 0.1) is 0 Å². The fourth-order valence-corrected chi connectivity index (χ4v) is 1.51. The van der Waals surface area contributed by atoms with Crippen LogP contribution in [-0.2, 0) is 6.61 Å². The Hall–Kier alpha value is -2.22. The third-order valence-electron chi connectivity index (χ3n) is 2.45. The van der Waals surface area contributed by atoms with Gasteiger partial charge in [-0.3, -0.25) is 0 Å². The van der Waals surface area contributed by atoms with Crippen molar-refractivity contribution in [1.29, 1.82) is 0 Å². The minimum absolute atomic E-state index is 0.0643. The first kappa shape index (κ1) is 11.3. The zero-order valence-corrected chi connectivity index (χ0v) is 9.43. The predicted octanol–water partition coefficient (Wildman–Crippen LogP) is 2.98. The van der Waals surface area contributed by atoms with E-state index in [4.69, 9.17) is 4.74 Å². The molecule has 0 radical (unpaired) electrons. The van der Waals surface area contributed by atoms with Gasteiger partial charge in [-0.25, -0.2) is 0 Å². The molecule has 0 heterocycles. The Morgan fingerprint density at radius 2 is 1.88 bits per heavy atom. The van der Waals surface area contributed by atoms with Gasteiger partial charge in [0.2, 0.25) is 0 Å². The van der Waals surface area contributed by atoms with E-state index in [1.54, 1.807) is 18.2 Å². The summed E-state index contributed by atoms with van der Waals surface area (Å²) in [6.45, 7) is 4.04. The first-order valence-electron chi connectivity index (χ1n) is 5.40. The van der Waals surface area contributed by atoms with Gasteiger partial charge in [0.05, 0.1) is 0 Å². The van der Waals surface area contributed by atoms with Crippen LogP contribution in [-0.4, -0.2) is 0 Å². The zero-order valence-electron chi connectivity index (χ0n) is 9.43. The van der Waals surface area contributed by atoms with Crippen molar-refractivity contribution in [2.45, 2.75) is 6.61 Å². The number of hydrogen-bond donors (Lipinski definition) is 0. The summed E-state index contributed by atoms with van der Waals surface area (Å²) in [5.74, 6) is 0.523. The van der Waals surface area contributed by atoms with Crippen LogP contribution in [0.3, 0.4) is 0 Å². The third kappa shape index (κ3) is 2.88. The van der Waals surface area contributed by atoms with Gasteiger partial charge in [-0.1, -0.05) is 54.8 Å². The molecule has 0 aliphatic rings. The van der Waals surface area contributed by atoms with Crippen LogP contribution in [0.4, 0.5) is 0 Å². The molecular weight excluding hydrogens is 212 g/mol. The number of hydrogen-bond acceptors (Lipinski definition) is 2. The van der Waals surface area contributed by atoms with Crippen LogP contribution < -0.4 is 9.84 Å². The molecule has 0 atom stereocenters. The average molecular weight is 225 g/mol. The molecule has 0 aliphatic carbocycles. The second-order valence-corrected chi connectivity index (χ2v) is 3.68. The minimum Gasteiger partial charge on any atom is -0.872 e. The molecule has 0 bridgehead atoms. The number of benzene rings is 2. The van der Waals surface area contributed by atoms with Crippen molar-refractivity contribution in [3.8, 4) is 11.5 Å². The van der Waals surface area contributed by atoms with Gasteiger partial charge in [0.1, 0.15) is 12.4 Å². The SMILES string of the molecule is C=Cc1ccc(OCc2ccccc2)cc1[O-]. The standard InChI is InChI=1S/C15H14O2/c1-2-13-8-9-14(10-15(13)16)17-11-12-6-4-3-5-7-12/h2-10,16H,1,11H2/p-1. The maximum absolute atomic E-state index is 11.5. The third-order valence-corrected chi connectivity index (χ3v) is 2.45. The molecule has 0 spiro atoms. The Morgan fingerprint density at radius 1 is 1.12 bits per heavy atom. The first-order valence-corrected chi connectivity index (χ1v) is 5.40. The predicted molar refractivity (Wildman–Crippen MR) is 66.8 cm³/mol. The average Bonchev–Trinajstić information content (AvgIpc) is 2.38. The van der Waals surface area contributed by atoms with Crippen LogP contribution >= 0.6 is 0 Å². The van der Waals surface area contributed by atoms with Crippen LogP contribution in [0.25, 0.3) is 6.08 Å².